The molecular formula is C16H26N4OS. The SMILES string of the molecule is CC(Sc1nnc(C2CC2)n1C)C(=O)NCC1CCCCC1. The second-order valence-corrected chi connectivity index (χ2v) is 7.99. The molecule has 1 atom stereocenters. The van der Waals surface area contributed by atoms with Crippen molar-refractivity contribution in [2.24, 2.45) is 13.0 Å². The second-order valence-electron chi connectivity index (χ2n) is 6.68. The van der Waals surface area contributed by atoms with Crippen LogP contribution in [-0.2, 0) is 11.8 Å². The maximum absolute atomic E-state index is 12.3. The van der Waals surface area contributed by atoms with Gasteiger partial charge in [0.1, 0.15) is 5.82 Å². The van der Waals surface area contributed by atoms with E-state index in [4.69, 9.17) is 0 Å². The molecule has 0 saturated heterocycles. The van der Waals surface area contributed by atoms with E-state index in [2.05, 4.69) is 15.5 Å². The molecule has 2 saturated carbocycles. The summed E-state index contributed by atoms with van der Waals surface area (Å²) in [4.78, 5) is 12.3. The van der Waals surface area contributed by atoms with Crippen molar-refractivity contribution in [1.29, 1.82) is 0 Å². The number of nitrogens with zero attached hydrogens (tertiary/aromatic N) is 3. The van der Waals surface area contributed by atoms with Gasteiger partial charge in [-0.1, -0.05) is 31.0 Å². The Morgan fingerprint density at radius 3 is 2.68 bits per heavy atom. The molecule has 6 heteroatoms. The highest BCUT2D eigenvalue weighted by Gasteiger charge is 2.30. The molecule has 1 unspecified atom stereocenters. The summed E-state index contributed by atoms with van der Waals surface area (Å²) >= 11 is 1.51. The molecule has 0 aromatic carbocycles. The number of thioether (sulfide) groups is 1. The van der Waals surface area contributed by atoms with Crippen LogP contribution in [0.15, 0.2) is 5.16 Å². The number of carbonyl (C=O) groups excluding carboxylic acids is 1. The third kappa shape index (κ3) is 3.83. The van der Waals surface area contributed by atoms with Crippen LogP contribution in [0.1, 0.15) is 63.6 Å². The minimum absolute atomic E-state index is 0.117. The summed E-state index contributed by atoms with van der Waals surface area (Å²) in [5.74, 6) is 2.44. The van der Waals surface area contributed by atoms with E-state index in [0.717, 1.165) is 17.5 Å². The van der Waals surface area contributed by atoms with Crippen molar-refractivity contribution in [3.63, 3.8) is 0 Å². The van der Waals surface area contributed by atoms with Gasteiger partial charge in [0.25, 0.3) is 0 Å². The normalized spacial score (nSPS) is 20.8. The molecule has 1 heterocycles. The van der Waals surface area contributed by atoms with Gasteiger partial charge in [-0.05, 0) is 38.5 Å². The molecule has 1 aromatic heterocycles. The van der Waals surface area contributed by atoms with Crippen LogP contribution in [0.4, 0.5) is 0 Å². The molecular weight excluding hydrogens is 296 g/mol. The van der Waals surface area contributed by atoms with Crippen molar-refractivity contribution >= 4 is 17.7 Å². The summed E-state index contributed by atoms with van der Waals surface area (Å²) in [6.45, 7) is 2.78. The highest BCUT2D eigenvalue weighted by molar-refractivity contribution is 8.00. The first-order valence-electron chi connectivity index (χ1n) is 8.49. The van der Waals surface area contributed by atoms with Gasteiger partial charge in [-0.3, -0.25) is 4.79 Å². The Hall–Kier alpha value is -1.04. The van der Waals surface area contributed by atoms with Gasteiger partial charge in [-0.25, -0.2) is 0 Å². The molecule has 5 nitrogen and oxygen atoms in total. The Morgan fingerprint density at radius 1 is 1.27 bits per heavy atom. The van der Waals surface area contributed by atoms with E-state index in [9.17, 15) is 4.79 Å². The van der Waals surface area contributed by atoms with Gasteiger partial charge in [0.2, 0.25) is 5.91 Å². The molecule has 0 spiro atoms. The fourth-order valence-corrected chi connectivity index (χ4v) is 3.96. The molecule has 2 aliphatic carbocycles. The Balaban J connectivity index is 1.48. The van der Waals surface area contributed by atoms with Gasteiger partial charge >= 0.3 is 0 Å². The first-order chi connectivity index (χ1) is 10.6. The smallest absolute Gasteiger partial charge is 0.233 e. The van der Waals surface area contributed by atoms with Crippen molar-refractivity contribution in [2.45, 2.75) is 68.2 Å². The Morgan fingerprint density at radius 2 is 2.00 bits per heavy atom. The summed E-state index contributed by atoms with van der Waals surface area (Å²) in [7, 11) is 2.00. The van der Waals surface area contributed by atoms with Crippen LogP contribution >= 0.6 is 11.8 Å². The average molecular weight is 322 g/mol. The zero-order valence-electron chi connectivity index (χ0n) is 13.5. The number of aromatic nitrogens is 3. The zero-order chi connectivity index (χ0) is 15.5. The van der Waals surface area contributed by atoms with E-state index >= 15 is 0 Å². The number of amides is 1. The molecule has 2 fully saturated rings. The van der Waals surface area contributed by atoms with E-state index in [0.29, 0.717) is 11.8 Å². The van der Waals surface area contributed by atoms with Crippen LogP contribution in [0, 0.1) is 5.92 Å². The lowest BCUT2D eigenvalue weighted by molar-refractivity contribution is -0.120. The molecule has 1 amide bonds. The summed E-state index contributed by atoms with van der Waals surface area (Å²) in [6.07, 6.45) is 8.93. The van der Waals surface area contributed by atoms with Crippen LogP contribution in [0.25, 0.3) is 0 Å². The number of hydrogen-bond acceptors (Lipinski definition) is 4. The van der Waals surface area contributed by atoms with E-state index in [-0.39, 0.29) is 11.2 Å². The molecule has 0 aliphatic heterocycles. The summed E-state index contributed by atoms with van der Waals surface area (Å²) in [5, 5.41) is 12.4. The van der Waals surface area contributed by atoms with Crippen molar-refractivity contribution in [1.82, 2.24) is 20.1 Å². The first kappa shape index (κ1) is 15.8. The van der Waals surface area contributed by atoms with Gasteiger partial charge in [0, 0.05) is 19.5 Å². The second kappa shape index (κ2) is 7.02. The highest BCUT2D eigenvalue weighted by atomic mass is 32.2. The van der Waals surface area contributed by atoms with Crippen molar-refractivity contribution in [3.8, 4) is 0 Å². The molecule has 122 valence electrons. The van der Waals surface area contributed by atoms with Crippen LogP contribution < -0.4 is 5.32 Å². The topological polar surface area (TPSA) is 59.8 Å². The highest BCUT2D eigenvalue weighted by Crippen LogP contribution is 2.39. The average Bonchev–Trinajstić information content (AvgIpc) is 3.31. The quantitative estimate of drug-likeness (QED) is 0.818. The summed E-state index contributed by atoms with van der Waals surface area (Å²) < 4.78 is 2.05. The number of nitrogens with one attached hydrogen (secondary N) is 1. The van der Waals surface area contributed by atoms with Crippen LogP contribution in [-0.4, -0.2) is 32.5 Å². The van der Waals surface area contributed by atoms with E-state index in [1.54, 1.807) is 0 Å². The molecule has 0 radical (unpaired) electrons. The molecule has 1 aromatic rings. The third-order valence-electron chi connectivity index (χ3n) is 4.75. The molecule has 3 rings (SSSR count). The number of carbonyl (C=O) groups is 1. The fraction of sp³-hybridized carbons (Fsp3) is 0.812. The van der Waals surface area contributed by atoms with Crippen LogP contribution in [0.5, 0.6) is 0 Å². The predicted octanol–water partition coefficient (Wildman–Crippen LogP) is 2.87. The standard InChI is InChI=1S/C16H26N4OS/c1-11(15(21)17-10-12-6-4-3-5-7-12)22-16-19-18-14(20(16)2)13-8-9-13/h11-13H,3-10H2,1-2H3,(H,17,21). The third-order valence-corrected chi connectivity index (χ3v) is 5.89. The lowest BCUT2D eigenvalue weighted by atomic mass is 9.89. The predicted molar refractivity (Wildman–Crippen MR) is 87.9 cm³/mol. The Bertz CT molecular complexity index is 520. The minimum atomic E-state index is -0.126. The zero-order valence-corrected chi connectivity index (χ0v) is 14.4. The van der Waals surface area contributed by atoms with Gasteiger partial charge in [-0.2, -0.15) is 0 Å². The van der Waals surface area contributed by atoms with Gasteiger partial charge < -0.3 is 9.88 Å². The Labute approximate surface area is 136 Å². The van der Waals surface area contributed by atoms with Crippen molar-refractivity contribution in [3.05, 3.63) is 5.82 Å². The first-order valence-corrected chi connectivity index (χ1v) is 9.36. The molecule has 1 N–H and O–H groups in total. The van der Waals surface area contributed by atoms with Gasteiger partial charge in [0.15, 0.2) is 5.16 Å². The number of hydrogen-bond donors (Lipinski definition) is 1. The van der Waals surface area contributed by atoms with Crippen LogP contribution in [0.3, 0.4) is 0 Å². The lowest BCUT2D eigenvalue weighted by Gasteiger charge is -2.22. The van der Waals surface area contributed by atoms with Gasteiger partial charge in [-0.15, -0.1) is 10.2 Å². The van der Waals surface area contributed by atoms with E-state index in [1.165, 1.54) is 56.7 Å². The summed E-state index contributed by atoms with van der Waals surface area (Å²) in [6, 6.07) is 0. The van der Waals surface area contributed by atoms with Crippen molar-refractivity contribution in [2.75, 3.05) is 6.54 Å². The molecule has 22 heavy (non-hydrogen) atoms. The number of rotatable bonds is 6. The summed E-state index contributed by atoms with van der Waals surface area (Å²) in [5.41, 5.74) is 0. The Kier molecular flexibility index (Phi) is 5.06. The fourth-order valence-electron chi connectivity index (χ4n) is 3.12. The van der Waals surface area contributed by atoms with Crippen LogP contribution in [0.2, 0.25) is 0 Å². The maximum Gasteiger partial charge on any atom is 0.233 e. The molecule has 0 bridgehead atoms. The van der Waals surface area contributed by atoms with Gasteiger partial charge in [0.05, 0.1) is 5.25 Å². The van der Waals surface area contributed by atoms with Crippen molar-refractivity contribution < 1.29 is 4.79 Å². The van der Waals surface area contributed by atoms with E-state index < -0.39 is 0 Å². The monoisotopic (exact) mass is 322 g/mol. The lowest BCUT2D eigenvalue weighted by Crippen LogP contribution is -2.35. The maximum atomic E-state index is 12.3. The van der Waals surface area contributed by atoms with E-state index in [1.807, 2.05) is 18.5 Å². The largest absolute Gasteiger partial charge is 0.355 e. The molecule has 2 aliphatic rings. The minimum Gasteiger partial charge on any atom is -0.355 e.